The molecule has 1 aliphatic rings. The van der Waals surface area contributed by atoms with Gasteiger partial charge < -0.3 is 10.1 Å². The van der Waals surface area contributed by atoms with Crippen LogP contribution in [0.5, 0.6) is 0 Å². The molecule has 0 fully saturated rings. The number of carbonyl (C=O) groups is 1. The molecular formula is C27H24BrN5O2S3. The molecule has 1 aliphatic heterocycles. The summed E-state index contributed by atoms with van der Waals surface area (Å²) in [7, 11) is 0. The first-order valence-corrected chi connectivity index (χ1v) is 15.6. The predicted octanol–water partition coefficient (Wildman–Crippen LogP) is 6.98. The number of aromatic nitrogens is 4. The first-order chi connectivity index (χ1) is 18.4. The average Bonchev–Trinajstić information content (AvgIpc) is 3.48. The molecule has 0 saturated heterocycles. The molecule has 0 saturated carbocycles. The van der Waals surface area contributed by atoms with E-state index in [1.807, 2.05) is 46.9 Å². The SMILES string of the molecule is CC1(C)Cc2c(sc3nc(SCc4ccccc4)n4c(SCC(=O)Nc5ccc(Br)cc5)nnc4c23)CO1. The number of thioether (sulfide) groups is 2. The second kappa shape index (κ2) is 10.6. The summed E-state index contributed by atoms with van der Waals surface area (Å²) in [6.45, 7) is 4.81. The molecule has 4 heterocycles. The first-order valence-electron chi connectivity index (χ1n) is 12.0. The standard InChI is InChI=1S/C27H24BrN5O2S3/c1-27(2)12-19-20(13-35-27)38-24-22(19)23-31-32-26(37-15-21(34)29-18-10-8-17(28)9-11-18)33(23)25(30-24)36-14-16-6-4-3-5-7-16/h3-11H,12-15H2,1-2H3,(H,29,34). The maximum Gasteiger partial charge on any atom is 0.234 e. The van der Waals surface area contributed by atoms with E-state index in [1.54, 1.807) is 23.1 Å². The average molecular weight is 627 g/mol. The van der Waals surface area contributed by atoms with Gasteiger partial charge in [-0.25, -0.2) is 9.38 Å². The van der Waals surface area contributed by atoms with E-state index in [0.717, 1.165) is 43.4 Å². The summed E-state index contributed by atoms with van der Waals surface area (Å²) >= 11 is 8.11. The third-order valence-electron chi connectivity index (χ3n) is 6.19. The lowest BCUT2D eigenvalue weighted by Gasteiger charge is -2.30. The van der Waals surface area contributed by atoms with Crippen molar-refractivity contribution in [2.24, 2.45) is 0 Å². The highest BCUT2D eigenvalue weighted by atomic mass is 79.9. The van der Waals surface area contributed by atoms with E-state index in [9.17, 15) is 4.79 Å². The highest BCUT2D eigenvalue weighted by molar-refractivity contribution is 9.10. The summed E-state index contributed by atoms with van der Waals surface area (Å²) in [5.41, 5.74) is 3.75. The minimum atomic E-state index is -0.249. The Labute approximate surface area is 240 Å². The largest absolute Gasteiger partial charge is 0.370 e. The number of benzene rings is 2. The van der Waals surface area contributed by atoms with Crippen LogP contribution in [0.2, 0.25) is 0 Å². The van der Waals surface area contributed by atoms with Crippen LogP contribution in [0.15, 0.2) is 69.4 Å². The number of halogens is 1. The van der Waals surface area contributed by atoms with Crippen LogP contribution in [0.4, 0.5) is 5.69 Å². The van der Waals surface area contributed by atoms with E-state index in [2.05, 4.69) is 57.4 Å². The smallest absolute Gasteiger partial charge is 0.234 e. The summed E-state index contributed by atoms with van der Waals surface area (Å²) in [5, 5.41) is 14.6. The van der Waals surface area contributed by atoms with E-state index in [4.69, 9.17) is 9.72 Å². The Hall–Kier alpha value is -2.44. The second-order valence-corrected chi connectivity index (χ2v) is 13.4. The molecular weight excluding hydrogens is 602 g/mol. The molecule has 1 N–H and O–H groups in total. The predicted molar refractivity (Wildman–Crippen MR) is 158 cm³/mol. The van der Waals surface area contributed by atoms with Crippen molar-refractivity contribution in [1.29, 1.82) is 0 Å². The Balaban J connectivity index is 1.35. The second-order valence-electron chi connectivity index (χ2n) is 9.56. The van der Waals surface area contributed by atoms with Crippen molar-refractivity contribution >= 4 is 78.2 Å². The van der Waals surface area contributed by atoms with Gasteiger partial charge in [-0.3, -0.25) is 4.79 Å². The minimum Gasteiger partial charge on any atom is -0.370 e. The Morgan fingerprint density at radius 3 is 2.68 bits per heavy atom. The molecule has 3 aromatic heterocycles. The van der Waals surface area contributed by atoms with Gasteiger partial charge in [-0.05, 0) is 49.2 Å². The number of nitrogens with zero attached hydrogens (tertiary/aromatic N) is 4. The van der Waals surface area contributed by atoms with Gasteiger partial charge in [0.15, 0.2) is 16.0 Å². The van der Waals surface area contributed by atoms with Gasteiger partial charge in [0.25, 0.3) is 0 Å². The summed E-state index contributed by atoms with van der Waals surface area (Å²) < 4.78 is 9.06. The molecule has 0 aliphatic carbocycles. The van der Waals surface area contributed by atoms with Crippen molar-refractivity contribution < 1.29 is 9.53 Å². The topological polar surface area (TPSA) is 81.4 Å². The monoisotopic (exact) mass is 625 g/mol. The molecule has 5 aromatic rings. The zero-order chi connectivity index (χ0) is 26.3. The maximum atomic E-state index is 12.7. The number of thiophene rings is 1. The van der Waals surface area contributed by atoms with Crippen LogP contribution in [0.1, 0.15) is 29.9 Å². The van der Waals surface area contributed by atoms with Gasteiger partial charge in [-0.15, -0.1) is 21.5 Å². The zero-order valence-corrected chi connectivity index (χ0v) is 24.8. The van der Waals surface area contributed by atoms with E-state index in [-0.39, 0.29) is 17.3 Å². The third kappa shape index (κ3) is 5.35. The number of hydrogen-bond acceptors (Lipinski definition) is 8. The van der Waals surface area contributed by atoms with Crippen LogP contribution < -0.4 is 5.32 Å². The van der Waals surface area contributed by atoms with Crippen LogP contribution >= 0.6 is 50.8 Å². The lowest BCUT2D eigenvalue weighted by molar-refractivity contribution is -0.113. The fourth-order valence-electron chi connectivity index (χ4n) is 4.36. The Morgan fingerprint density at radius 1 is 1.11 bits per heavy atom. The molecule has 194 valence electrons. The van der Waals surface area contributed by atoms with E-state index >= 15 is 0 Å². The molecule has 1 amide bonds. The number of hydrogen-bond donors (Lipinski definition) is 1. The summed E-state index contributed by atoms with van der Waals surface area (Å²) in [4.78, 5) is 20.0. The highest BCUT2D eigenvalue weighted by Gasteiger charge is 2.31. The number of carbonyl (C=O) groups excluding carboxylic acids is 1. The summed E-state index contributed by atoms with van der Waals surface area (Å²) in [5.74, 6) is 0.871. The van der Waals surface area contributed by atoms with Gasteiger partial charge in [0.2, 0.25) is 5.91 Å². The van der Waals surface area contributed by atoms with Gasteiger partial charge in [0.1, 0.15) is 4.83 Å². The van der Waals surface area contributed by atoms with Crippen molar-refractivity contribution in [3.8, 4) is 0 Å². The van der Waals surface area contributed by atoms with Gasteiger partial charge >= 0.3 is 0 Å². The van der Waals surface area contributed by atoms with Crippen LogP contribution in [-0.2, 0) is 28.3 Å². The van der Waals surface area contributed by atoms with E-state index < -0.39 is 0 Å². The lowest BCUT2D eigenvalue weighted by Crippen LogP contribution is -2.31. The molecule has 38 heavy (non-hydrogen) atoms. The van der Waals surface area contributed by atoms with Crippen molar-refractivity contribution in [3.63, 3.8) is 0 Å². The van der Waals surface area contributed by atoms with Crippen molar-refractivity contribution in [2.75, 3.05) is 11.1 Å². The molecule has 0 atom stereocenters. The van der Waals surface area contributed by atoms with Gasteiger partial charge in [-0.2, -0.15) is 0 Å². The number of nitrogens with one attached hydrogen (secondary N) is 1. The van der Waals surface area contributed by atoms with Crippen LogP contribution in [-0.4, -0.2) is 36.8 Å². The third-order valence-corrected chi connectivity index (χ3v) is 9.75. The number of ether oxygens (including phenoxy) is 1. The number of fused-ring (bicyclic) bond motifs is 5. The van der Waals surface area contributed by atoms with E-state index in [0.29, 0.717) is 11.8 Å². The molecule has 7 nitrogen and oxygen atoms in total. The molecule has 0 spiro atoms. The van der Waals surface area contributed by atoms with E-state index in [1.165, 1.54) is 27.8 Å². The normalized spacial score (nSPS) is 14.6. The number of amides is 1. The van der Waals surface area contributed by atoms with Gasteiger partial charge in [0.05, 0.1) is 23.3 Å². The molecule has 6 rings (SSSR count). The number of rotatable bonds is 7. The Bertz CT molecular complexity index is 1630. The maximum absolute atomic E-state index is 12.7. The van der Waals surface area contributed by atoms with Gasteiger partial charge in [-0.1, -0.05) is 69.8 Å². The first kappa shape index (κ1) is 25.8. The zero-order valence-electron chi connectivity index (χ0n) is 20.7. The number of anilines is 1. The summed E-state index contributed by atoms with van der Waals surface area (Å²) in [6.07, 6.45) is 0.793. The highest BCUT2D eigenvalue weighted by Crippen LogP contribution is 2.41. The van der Waals surface area contributed by atoms with Gasteiger partial charge in [0, 0.05) is 27.2 Å². The molecule has 0 bridgehead atoms. The molecule has 2 aromatic carbocycles. The Morgan fingerprint density at radius 2 is 1.89 bits per heavy atom. The fourth-order valence-corrected chi connectivity index (χ4v) is 7.52. The molecule has 0 unspecified atom stereocenters. The minimum absolute atomic E-state index is 0.103. The molecule has 0 radical (unpaired) electrons. The van der Waals surface area contributed by atoms with Crippen LogP contribution in [0, 0.1) is 0 Å². The summed E-state index contributed by atoms with van der Waals surface area (Å²) in [6, 6.07) is 17.9. The lowest BCUT2D eigenvalue weighted by atomic mass is 9.94. The Kier molecular flexibility index (Phi) is 7.21. The van der Waals surface area contributed by atoms with Crippen molar-refractivity contribution in [3.05, 3.63) is 75.1 Å². The van der Waals surface area contributed by atoms with Crippen LogP contribution in [0.3, 0.4) is 0 Å². The fraction of sp³-hybridized carbons (Fsp3) is 0.259. The van der Waals surface area contributed by atoms with Crippen LogP contribution in [0.25, 0.3) is 15.9 Å². The molecule has 11 heteroatoms. The van der Waals surface area contributed by atoms with Crippen molar-refractivity contribution in [1.82, 2.24) is 19.6 Å². The van der Waals surface area contributed by atoms with Crippen molar-refractivity contribution in [2.45, 2.75) is 48.5 Å². The quantitative estimate of drug-likeness (QED) is 0.154.